The molecule has 2 N–H and O–H groups in total. The number of hydrogen-bond donors (Lipinski definition) is 2. The summed E-state index contributed by atoms with van der Waals surface area (Å²) in [7, 11) is -2.05. The topological polar surface area (TPSA) is 122 Å². The van der Waals surface area contributed by atoms with E-state index in [1.54, 1.807) is 19.2 Å². The van der Waals surface area contributed by atoms with Crippen molar-refractivity contribution in [1.82, 2.24) is 4.31 Å². The molecule has 148 valence electrons. The summed E-state index contributed by atoms with van der Waals surface area (Å²) in [6.07, 6.45) is 1.66. The van der Waals surface area contributed by atoms with Crippen molar-refractivity contribution in [3.63, 3.8) is 0 Å². The molecule has 1 saturated heterocycles. The second-order valence-corrected chi connectivity index (χ2v) is 8.27. The SMILES string of the molecule is CNc1ccc(C(=O)Nc2cccc(S(=O)(=O)N3CCCC3)c2)cc1[N+](=O)[O-]. The third kappa shape index (κ3) is 3.97. The van der Waals surface area contributed by atoms with Gasteiger partial charge in [-0.25, -0.2) is 8.42 Å². The van der Waals surface area contributed by atoms with E-state index in [4.69, 9.17) is 0 Å². The Bertz CT molecular complexity index is 1020. The van der Waals surface area contributed by atoms with E-state index in [1.807, 2.05) is 0 Å². The Morgan fingerprint density at radius 1 is 1.14 bits per heavy atom. The van der Waals surface area contributed by atoms with Crippen LogP contribution >= 0.6 is 0 Å². The summed E-state index contributed by atoms with van der Waals surface area (Å²) in [6, 6.07) is 10.1. The smallest absolute Gasteiger partial charge is 0.293 e. The number of nitrogens with zero attached hydrogens (tertiary/aromatic N) is 2. The normalized spacial score (nSPS) is 14.6. The Morgan fingerprint density at radius 2 is 1.86 bits per heavy atom. The predicted octanol–water partition coefficient (Wildman–Crippen LogP) is 2.67. The van der Waals surface area contributed by atoms with E-state index in [2.05, 4.69) is 10.6 Å². The Morgan fingerprint density at radius 3 is 2.50 bits per heavy atom. The minimum Gasteiger partial charge on any atom is -0.383 e. The van der Waals surface area contributed by atoms with Crippen LogP contribution in [0.25, 0.3) is 0 Å². The first-order valence-corrected chi connectivity index (χ1v) is 10.1. The van der Waals surface area contributed by atoms with Gasteiger partial charge in [0.25, 0.3) is 11.6 Å². The van der Waals surface area contributed by atoms with E-state index in [9.17, 15) is 23.3 Å². The average Bonchev–Trinajstić information content (AvgIpc) is 3.23. The maximum Gasteiger partial charge on any atom is 0.293 e. The third-order valence-corrected chi connectivity index (χ3v) is 6.42. The van der Waals surface area contributed by atoms with Crippen molar-refractivity contribution in [3.05, 3.63) is 58.1 Å². The molecule has 1 amide bonds. The molecular formula is C18H20N4O5S. The molecule has 0 atom stereocenters. The van der Waals surface area contributed by atoms with Crippen LogP contribution in [-0.4, -0.2) is 43.7 Å². The third-order valence-electron chi connectivity index (χ3n) is 4.52. The van der Waals surface area contributed by atoms with E-state index >= 15 is 0 Å². The monoisotopic (exact) mass is 404 g/mol. The average molecular weight is 404 g/mol. The molecule has 0 bridgehead atoms. The molecule has 1 aliphatic heterocycles. The number of anilines is 2. The van der Waals surface area contributed by atoms with Crippen molar-refractivity contribution in [3.8, 4) is 0 Å². The second kappa shape index (κ2) is 7.95. The number of rotatable bonds is 6. The molecule has 0 aromatic heterocycles. The standard InChI is InChI=1S/C18H20N4O5S/c1-19-16-8-7-13(11-17(16)22(24)25)18(23)20-14-5-4-6-15(12-14)28(26,27)21-9-2-3-10-21/h4-8,11-12,19H,2-3,9-10H2,1H3,(H,20,23). The number of nitro benzene ring substituents is 1. The lowest BCUT2D eigenvalue weighted by atomic mass is 10.1. The van der Waals surface area contributed by atoms with Gasteiger partial charge >= 0.3 is 0 Å². The molecule has 0 unspecified atom stereocenters. The second-order valence-electron chi connectivity index (χ2n) is 6.33. The van der Waals surface area contributed by atoms with Gasteiger partial charge in [0.05, 0.1) is 9.82 Å². The van der Waals surface area contributed by atoms with Crippen molar-refractivity contribution in [2.24, 2.45) is 0 Å². The van der Waals surface area contributed by atoms with Gasteiger partial charge in [-0.15, -0.1) is 0 Å². The van der Waals surface area contributed by atoms with Gasteiger partial charge < -0.3 is 10.6 Å². The molecule has 2 aromatic carbocycles. The first kappa shape index (κ1) is 19.8. The molecule has 2 aromatic rings. The minimum absolute atomic E-state index is 0.0958. The highest BCUT2D eigenvalue weighted by atomic mass is 32.2. The number of benzene rings is 2. The minimum atomic E-state index is -3.60. The number of nitro groups is 1. The highest BCUT2D eigenvalue weighted by Crippen LogP contribution is 2.26. The van der Waals surface area contributed by atoms with Gasteiger partial charge in [-0.3, -0.25) is 14.9 Å². The molecule has 0 spiro atoms. The van der Waals surface area contributed by atoms with Gasteiger partial charge in [0.15, 0.2) is 0 Å². The van der Waals surface area contributed by atoms with Gasteiger partial charge in [-0.1, -0.05) is 6.07 Å². The molecule has 9 nitrogen and oxygen atoms in total. The van der Waals surface area contributed by atoms with E-state index in [-0.39, 0.29) is 16.1 Å². The molecule has 0 radical (unpaired) electrons. The fourth-order valence-electron chi connectivity index (χ4n) is 3.05. The number of nitrogens with one attached hydrogen (secondary N) is 2. The number of amides is 1. The molecule has 1 heterocycles. The van der Waals surface area contributed by atoms with Gasteiger partial charge in [-0.2, -0.15) is 4.31 Å². The molecule has 0 aliphatic carbocycles. The number of sulfonamides is 1. The van der Waals surface area contributed by atoms with Crippen molar-refractivity contribution in [2.75, 3.05) is 30.8 Å². The zero-order chi connectivity index (χ0) is 20.3. The molecule has 1 aliphatic rings. The van der Waals surface area contributed by atoms with Crippen molar-refractivity contribution in [1.29, 1.82) is 0 Å². The molecule has 1 fully saturated rings. The van der Waals surface area contributed by atoms with Gasteiger partial charge in [-0.05, 0) is 43.2 Å². The van der Waals surface area contributed by atoms with Gasteiger partial charge in [0.2, 0.25) is 10.0 Å². The number of hydrogen-bond acceptors (Lipinski definition) is 6. The van der Waals surface area contributed by atoms with Gasteiger partial charge in [0, 0.05) is 37.5 Å². The van der Waals surface area contributed by atoms with Crippen LogP contribution < -0.4 is 10.6 Å². The van der Waals surface area contributed by atoms with Crippen LogP contribution in [0.15, 0.2) is 47.4 Å². The van der Waals surface area contributed by atoms with Crippen LogP contribution in [-0.2, 0) is 10.0 Å². The summed E-state index contributed by atoms with van der Waals surface area (Å²) < 4.78 is 26.8. The van der Waals surface area contributed by atoms with E-state index in [1.165, 1.54) is 34.6 Å². The Hall–Kier alpha value is -2.98. The highest BCUT2D eigenvalue weighted by molar-refractivity contribution is 7.89. The Balaban J connectivity index is 1.83. The zero-order valence-electron chi connectivity index (χ0n) is 15.2. The summed E-state index contributed by atoms with van der Waals surface area (Å²) in [4.78, 5) is 23.2. The van der Waals surface area contributed by atoms with Crippen molar-refractivity contribution in [2.45, 2.75) is 17.7 Å². The first-order valence-electron chi connectivity index (χ1n) is 8.70. The Labute approximate surface area is 162 Å². The Kier molecular flexibility index (Phi) is 5.61. The lowest BCUT2D eigenvalue weighted by molar-refractivity contribution is -0.384. The lowest BCUT2D eigenvalue weighted by Crippen LogP contribution is -2.27. The first-order chi connectivity index (χ1) is 13.3. The van der Waals surface area contributed by atoms with Crippen LogP contribution in [0.2, 0.25) is 0 Å². The quantitative estimate of drug-likeness (QED) is 0.564. The lowest BCUT2D eigenvalue weighted by Gasteiger charge is -2.16. The molecule has 28 heavy (non-hydrogen) atoms. The maximum absolute atomic E-state index is 12.7. The van der Waals surface area contributed by atoms with E-state index < -0.39 is 20.9 Å². The highest BCUT2D eigenvalue weighted by Gasteiger charge is 2.27. The van der Waals surface area contributed by atoms with Crippen LogP contribution in [0.3, 0.4) is 0 Å². The van der Waals surface area contributed by atoms with E-state index in [0.29, 0.717) is 24.5 Å². The van der Waals surface area contributed by atoms with Crippen LogP contribution in [0.1, 0.15) is 23.2 Å². The summed E-state index contributed by atoms with van der Waals surface area (Å²) in [5, 5.41) is 16.5. The predicted molar refractivity (Wildman–Crippen MR) is 105 cm³/mol. The maximum atomic E-state index is 12.7. The fourth-order valence-corrected chi connectivity index (χ4v) is 4.61. The van der Waals surface area contributed by atoms with E-state index in [0.717, 1.165) is 12.8 Å². The largest absolute Gasteiger partial charge is 0.383 e. The summed E-state index contributed by atoms with van der Waals surface area (Å²) >= 11 is 0. The van der Waals surface area contributed by atoms with Crippen molar-refractivity contribution < 1.29 is 18.1 Å². The number of carbonyl (C=O) groups is 1. The van der Waals surface area contributed by atoms with Crippen LogP contribution in [0.4, 0.5) is 17.1 Å². The fraction of sp³-hybridized carbons (Fsp3) is 0.278. The molecule has 3 rings (SSSR count). The summed E-state index contributed by atoms with van der Waals surface area (Å²) in [6.45, 7) is 0.973. The summed E-state index contributed by atoms with van der Waals surface area (Å²) in [5.41, 5.74) is 0.463. The van der Waals surface area contributed by atoms with Crippen molar-refractivity contribution >= 4 is 33.0 Å². The van der Waals surface area contributed by atoms with Crippen LogP contribution in [0.5, 0.6) is 0 Å². The van der Waals surface area contributed by atoms with Crippen LogP contribution in [0, 0.1) is 10.1 Å². The number of carbonyl (C=O) groups excluding carboxylic acids is 1. The zero-order valence-corrected chi connectivity index (χ0v) is 16.0. The summed E-state index contributed by atoms with van der Waals surface area (Å²) in [5.74, 6) is -0.568. The molecular weight excluding hydrogens is 384 g/mol. The van der Waals surface area contributed by atoms with Gasteiger partial charge in [0.1, 0.15) is 5.69 Å². The molecule has 10 heteroatoms. The molecule has 0 saturated carbocycles.